The highest BCUT2D eigenvalue weighted by molar-refractivity contribution is 6.13. The highest BCUT2D eigenvalue weighted by Crippen LogP contribution is 2.28. The number of hydrogen-bond acceptors (Lipinski definition) is 3. The summed E-state index contributed by atoms with van der Waals surface area (Å²) in [5.41, 5.74) is 7.02. The lowest BCUT2D eigenvalue weighted by molar-refractivity contribution is 0.102. The largest absolute Gasteiger partial charge is 0.322 e. The second-order valence-corrected chi connectivity index (χ2v) is 7.49. The first kappa shape index (κ1) is 19.8. The quantitative estimate of drug-likeness (QED) is 0.479. The van der Waals surface area contributed by atoms with Crippen LogP contribution in [-0.4, -0.2) is 20.7 Å². The van der Waals surface area contributed by atoms with Gasteiger partial charge in [0.05, 0.1) is 22.3 Å². The highest BCUT2D eigenvalue weighted by atomic mass is 16.1. The normalized spacial score (nSPS) is 11.1. The summed E-state index contributed by atoms with van der Waals surface area (Å²) in [4.78, 5) is 18.3. The summed E-state index contributed by atoms with van der Waals surface area (Å²) in [5, 5.41) is 8.53. The lowest BCUT2D eigenvalue weighted by atomic mass is 10.0. The predicted molar refractivity (Wildman–Crippen MR) is 122 cm³/mol. The minimum absolute atomic E-state index is 0.143. The molecular weight excluding hydrogens is 372 g/mol. The number of nitrogens with zero attached hydrogens (tertiary/aromatic N) is 3. The van der Waals surface area contributed by atoms with Crippen LogP contribution in [0.4, 0.5) is 5.69 Å². The molecule has 0 unspecified atom stereocenters. The molecule has 0 aliphatic heterocycles. The van der Waals surface area contributed by atoms with Crippen LogP contribution in [0.15, 0.2) is 54.6 Å². The van der Waals surface area contributed by atoms with Crippen molar-refractivity contribution < 1.29 is 4.79 Å². The Kier molecular flexibility index (Phi) is 5.36. The van der Waals surface area contributed by atoms with E-state index >= 15 is 0 Å². The van der Waals surface area contributed by atoms with E-state index in [2.05, 4.69) is 36.4 Å². The molecular formula is C25H26N4O. The molecule has 2 aromatic heterocycles. The third kappa shape index (κ3) is 3.59. The number of pyridine rings is 1. The first-order valence-corrected chi connectivity index (χ1v) is 10.4. The Morgan fingerprint density at radius 1 is 1.03 bits per heavy atom. The lowest BCUT2D eigenvalue weighted by Gasteiger charge is -2.12. The molecule has 0 bridgehead atoms. The van der Waals surface area contributed by atoms with Gasteiger partial charge in [-0.05, 0) is 44.9 Å². The molecule has 152 valence electrons. The molecule has 0 saturated heterocycles. The predicted octanol–water partition coefficient (Wildman–Crippen LogP) is 5.55. The summed E-state index contributed by atoms with van der Waals surface area (Å²) in [7, 11) is 0. The fourth-order valence-corrected chi connectivity index (χ4v) is 3.77. The monoisotopic (exact) mass is 398 g/mol. The number of para-hydroxylation sites is 1. The van der Waals surface area contributed by atoms with Gasteiger partial charge in [0, 0.05) is 17.8 Å². The van der Waals surface area contributed by atoms with Crippen LogP contribution in [0.25, 0.3) is 22.3 Å². The van der Waals surface area contributed by atoms with Gasteiger partial charge < -0.3 is 5.32 Å². The molecule has 4 rings (SSSR count). The minimum Gasteiger partial charge on any atom is -0.322 e. The summed E-state index contributed by atoms with van der Waals surface area (Å²) < 4.78 is 1.86. The lowest BCUT2D eigenvalue weighted by Crippen LogP contribution is -2.14. The molecule has 0 aliphatic rings. The van der Waals surface area contributed by atoms with E-state index < -0.39 is 0 Å². The van der Waals surface area contributed by atoms with Crippen molar-refractivity contribution >= 4 is 22.6 Å². The second kappa shape index (κ2) is 8.11. The fourth-order valence-electron chi connectivity index (χ4n) is 3.77. The maximum atomic E-state index is 13.4. The summed E-state index contributed by atoms with van der Waals surface area (Å²) in [6.45, 7) is 8.79. The molecule has 0 radical (unpaired) electrons. The van der Waals surface area contributed by atoms with Crippen molar-refractivity contribution in [2.45, 2.75) is 40.7 Å². The molecule has 0 fully saturated rings. The van der Waals surface area contributed by atoms with E-state index in [4.69, 9.17) is 4.98 Å². The number of anilines is 1. The zero-order valence-corrected chi connectivity index (χ0v) is 17.9. The maximum absolute atomic E-state index is 13.4. The molecule has 0 atom stereocenters. The van der Waals surface area contributed by atoms with Crippen molar-refractivity contribution in [3.63, 3.8) is 0 Å². The molecule has 0 aliphatic carbocycles. The Labute approximate surface area is 176 Å². The van der Waals surface area contributed by atoms with Crippen LogP contribution in [0.5, 0.6) is 0 Å². The van der Waals surface area contributed by atoms with Crippen LogP contribution in [-0.2, 0) is 13.0 Å². The molecule has 2 aromatic carbocycles. The standard InChI is InChI=1S/C25H26N4O/c1-5-18-9-7-8-10-21(18)27-25(30)20-15-22(19-13-11-16(3)12-14-19)26-24-23(20)17(4)28-29(24)6-2/h7-15H,5-6H2,1-4H3,(H,27,30). The number of nitrogens with one attached hydrogen (secondary N) is 1. The molecule has 30 heavy (non-hydrogen) atoms. The van der Waals surface area contributed by atoms with Crippen molar-refractivity contribution in [2.24, 2.45) is 0 Å². The fraction of sp³-hybridized carbons (Fsp3) is 0.240. The van der Waals surface area contributed by atoms with Crippen LogP contribution in [0, 0.1) is 13.8 Å². The third-order valence-corrected chi connectivity index (χ3v) is 5.42. The van der Waals surface area contributed by atoms with E-state index in [-0.39, 0.29) is 5.91 Å². The van der Waals surface area contributed by atoms with E-state index in [1.807, 2.05) is 61.0 Å². The maximum Gasteiger partial charge on any atom is 0.256 e. The summed E-state index contributed by atoms with van der Waals surface area (Å²) >= 11 is 0. The van der Waals surface area contributed by atoms with E-state index in [0.29, 0.717) is 12.1 Å². The molecule has 0 saturated carbocycles. The Morgan fingerprint density at radius 2 is 1.77 bits per heavy atom. The number of carbonyl (C=O) groups excluding carboxylic acids is 1. The smallest absolute Gasteiger partial charge is 0.256 e. The van der Waals surface area contributed by atoms with Gasteiger partial charge in [-0.1, -0.05) is 55.0 Å². The molecule has 2 heterocycles. The Bertz CT molecular complexity index is 1220. The zero-order chi connectivity index (χ0) is 21.3. The van der Waals surface area contributed by atoms with Crippen molar-refractivity contribution in [2.75, 3.05) is 5.32 Å². The molecule has 1 amide bonds. The van der Waals surface area contributed by atoms with E-state index in [1.54, 1.807) is 0 Å². The van der Waals surface area contributed by atoms with Gasteiger partial charge in [-0.15, -0.1) is 0 Å². The first-order chi connectivity index (χ1) is 14.5. The summed E-state index contributed by atoms with van der Waals surface area (Å²) in [6, 6.07) is 18.0. The van der Waals surface area contributed by atoms with E-state index in [0.717, 1.165) is 45.7 Å². The van der Waals surface area contributed by atoms with Crippen LogP contribution >= 0.6 is 0 Å². The van der Waals surface area contributed by atoms with Gasteiger partial charge in [0.2, 0.25) is 0 Å². The number of aryl methyl sites for hydroxylation is 4. The van der Waals surface area contributed by atoms with Crippen LogP contribution in [0.3, 0.4) is 0 Å². The van der Waals surface area contributed by atoms with E-state index in [9.17, 15) is 4.79 Å². The average Bonchev–Trinajstić information content (AvgIpc) is 3.09. The zero-order valence-electron chi connectivity index (χ0n) is 17.9. The average molecular weight is 399 g/mol. The first-order valence-electron chi connectivity index (χ1n) is 10.4. The van der Waals surface area contributed by atoms with Crippen molar-refractivity contribution in [1.82, 2.24) is 14.8 Å². The van der Waals surface area contributed by atoms with Crippen molar-refractivity contribution in [1.29, 1.82) is 0 Å². The van der Waals surface area contributed by atoms with Crippen LogP contribution in [0.1, 0.15) is 41.0 Å². The van der Waals surface area contributed by atoms with Gasteiger partial charge in [0.15, 0.2) is 5.65 Å². The van der Waals surface area contributed by atoms with Gasteiger partial charge in [-0.25, -0.2) is 9.67 Å². The summed E-state index contributed by atoms with van der Waals surface area (Å²) in [6.07, 6.45) is 0.851. The summed E-state index contributed by atoms with van der Waals surface area (Å²) in [5.74, 6) is -0.143. The Morgan fingerprint density at radius 3 is 2.47 bits per heavy atom. The van der Waals surface area contributed by atoms with Crippen molar-refractivity contribution in [3.05, 3.63) is 77.0 Å². The minimum atomic E-state index is -0.143. The van der Waals surface area contributed by atoms with E-state index in [1.165, 1.54) is 5.56 Å². The van der Waals surface area contributed by atoms with Gasteiger partial charge in [-0.2, -0.15) is 5.10 Å². The third-order valence-electron chi connectivity index (χ3n) is 5.42. The number of carbonyl (C=O) groups is 1. The van der Waals surface area contributed by atoms with Gasteiger partial charge in [0.25, 0.3) is 5.91 Å². The van der Waals surface area contributed by atoms with Gasteiger partial charge in [-0.3, -0.25) is 4.79 Å². The molecule has 0 spiro atoms. The molecule has 4 aromatic rings. The number of rotatable bonds is 5. The number of fused-ring (bicyclic) bond motifs is 1. The SMILES string of the molecule is CCc1ccccc1NC(=O)c1cc(-c2ccc(C)cc2)nc2c1c(C)nn2CC. The molecule has 5 nitrogen and oxygen atoms in total. The number of benzene rings is 2. The number of aromatic nitrogens is 3. The van der Waals surface area contributed by atoms with Gasteiger partial charge in [0.1, 0.15) is 0 Å². The number of hydrogen-bond donors (Lipinski definition) is 1. The Balaban J connectivity index is 1.87. The van der Waals surface area contributed by atoms with Gasteiger partial charge >= 0.3 is 0 Å². The van der Waals surface area contributed by atoms with Crippen molar-refractivity contribution in [3.8, 4) is 11.3 Å². The second-order valence-electron chi connectivity index (χ2n) is 7.49. The molecule has 1 N–H and O–H groups in total. The highest BCUT2D eigenvalue weighted by Gasteiger charge is 2.20. The molecule has 5 heteroatoms. The topological polar surface area (TPSA) is 59.8 Å². The van der Waals surface area contributed by atoms with Crippen LogP contribution in [0.2, 0.25) is 0 Å². The Hall–Kier alpha value is -3.47. The van der Waals surface area contributed by atoms with Crippen LogP contribution < -0.4 is 5.32 Å². The number of amides is 1.